The Bertz CT molecular complexity index is 1240. The Hall–Kier alpha value is -3.23. The lowest BCUT2D eigenvalue weighted by Crippen LogP contribution is -2.72. The highest BCUT2D eigenvalue weighted by Gasteiger charge is 2.62. The monoisotopic (exact) mass is 465 g/mol. The fourth-order valence-electron chi connectivity index (χ4n) is 5.87. The first kappa shape index (κ1) is 22.6. The molecular weight excluding hydrogens is 434 g/mol. The molecule has 5 heterocycles. The summed E-state index contributed by atoms with van der Waals surface area (Å²) < 4.78 is 1.50. The molecular formula is C25H31N5O4. The summed E-state index contributed by atoms with van der Waals surface area (Å²) in [5.41, 5.74) is 0.0544. The zero-order chi connectivity index (χ0) is 24.0. The Balaban J connectivity index is 1.70. The highest BCUT2D eigenvalue weighted by Crippen LogP contribution is 2.45. The molecule has 2 aromatic heterocycles. The summed E-state index contributed by atoms with van der Waals surface area (Å²) in [4.78, 5) is 62.0. The number of nitrogens with zero attached hydrogens (tertiary/aromatic N) is 4. The van der Waals surface area contributed by atoms with Crippen molar-refractivity contribution in [3.8, 4) is 0 Å². The first-order valence-electron chi connectivity index (χ1n) is 12.3. The van der Waals surface area contributed by atoms with Gasteiger partial charge in [0, 0.05) is 25.7 Å². The maximum absolute atomic E-state index is 14.0. The maximum Gasteiger partial charge on any atom is 0.330 e. The second kappa shape index (κ2) is 8.52. The molecule has 34 heavy (non-hydrogen) atoms. The molecule has 3 aliphatic heterocycles. The highest BCUT2D eigenvalue weighted by molar-refractivity contribution is 6.20. The van der Waals surface area contributed by atoms with E-state index in [-0.39, 0.29) is 18.5 Å². The van der Waals surface area contributed by atoms with E-state index in [1.54, 1.807) is 12.3 Å². The summed E-state index contributed by atoms with van der Waals surface area (Å²) in [7, 11) is 0. The van der Waals surface area contributed by atoms with Crippen LogP contribution in [0.25, 0.3) is 5.65 Å². The second-order valence-electron chi connectivity index (χ2n) is 9.73. The molecule has 2 saturated heterocycles. The molecule has 1 N–H and O–H groups in total. The van der Waals surface area contributed by atoms with Crippen molar-refractivity contribution >= 4 is 29.3 Å². The van der Waals surface area contributed by atoms with Crippen molar-refractivity contribution in [2.75, 3.05) is 18.0 Å². The average Bonchev–Trinajstić information content (AvgIpc) is 3.08. The number of amides is 4. The van der Waals surface area contributed by atoms with E-state index < -0.39 is 29.3 Å². The third-order valence-corrected chi connectivity index (χ3v) is 7.65. The second-order valence-corrected chi connectivity index (χ2v) is 9.73. The Labute approximate surface area is 198 Å². The Morgan fingerprint density at radius 3 is 2.76 bits per heavy atom. The van der Waals surface area contributed by atoms with Gasteiger partial charge >= 0.3 is 6.03 Å². The zero-order valence-electron chi connectivity index (χ0n) is 19.8. The van der Waals surface area contributed by atoms with Crippen molar-refractivity contribution in [1.82, 2.24) is 19.6 Å². The van der Waals surface area contributed by atoms with Gasteiger partial charge in [-0.1, -0.05) is 38.7 Å². The highest BCUT2D eigenvalue weighted by atomic mass is 16.2. The quantitative estimate of drug-likeness (QED) is 0.550. The van der Waals surface area contributed by atoms with Gasteiger partial charge in [-0.3, -0.25) is 29.0 Å². The minimum atomic E-state index is -1.52. The SMILES string of the molecule is CCCCCN1C(=O)NC(=O)[C@@]2(Cc3c(nc4c(C)cccn4c3=O)N3CCCCC[C@@H]32)C1=O. The van der Waals surface area contributed by atoms with Gasteiger partial charge in [-0.05, 0) is 37.8 Å². The third-order valence-electron chi connectivity index (χ3n) is 7.65. The van der Waals surface area contributed by atoms with Crippen LogP contribution in [0, 0.1) is 12.3 Å². The molecule has 1 spiro atoms. The molecule has 180 valence electrons. The molecule has 0 unspecified atom stereocenters. The number of carbonyl (C=O) groups is 3. The summed E-state index contributed by atoms with van der Waals surface area (Å²) >= 11 is 0. The minimum absolute atomic E-state index is 0.0472. The van der Waals surface area contributed by atoms with E-state index in [0.717, 1.165) is 37.7 Å². The van der Waals surface area contributed by atoms with Crippen molar-refractivity contribution in [1.29, 1.82) is 0 Å². The number of rotatable bonds is 4. The van der Waals surface area contributed by atoms with Gasteiger partial charge in [0.05, 0.1) is 11.6 Å². The van der Waals surface area contributed by atoms with E-state index in [9.17, 15) is 19.2 Å². The standard InChI is InChI=1S/C25H31N5O4/c1-3-4-7-13-30-23(33)25(22(32)27-24(30)34)15-17-20(28-12-8-5-6-11-18(25)28)26-19-16(2)10-9-14-29(19)21(17)31/h9-10,14,18H,3-8,11-13,15H2,1-2H3,(H,27,32,34)/t18-,25+/m1/s1. The van der Waals surface area contributed by atoms with Gasteiger partial charge in [-0.2, -0.15) is 0 Å². The topological polar surface area (TPSA) is 104 Å². The van der Waals surface area contributed by atoms with Gasteiger partial charge in [-0.15, -0.1) is 0 Å². The Morgan fingerprint density at radius 2 is 1.97 bits per heavy atom. The molecule has 4 amide bonds. The van der Waals surface area contributed by atoms with Crippen LogP contribution in [0.4, 0.5) is 10.6 Å². The molecule has 5 rings (SSSR count). The van der Waals surface area contributed by atoms with Crippen LogP contribution in [0.15, 0.2) is 23.1 Å². The number of barbiturate groups is 1. The van der Waals surface area contributed by atoms with Crippen LogP contribution in [0.2, 0.25) is 0 Å². The van der Waals surface area contributed by atoms with E-state index in [1.807, 2.05) is 17.9 Å². The molecule has 2 fully saturated rings. The lowest BCUT2D eigenvalue weighted by atomic mass is 9.68. The fraction of sp³-hybridized carbons (Fsp3) is 0.560. The molecule has 0 aliphatic carbocycles. The number of aromatic nitrogens is 2. The summed E-state index contributed by atoms with van der Waals surface area (Å²) in [6.07, 6.45) is 7.49. The summed E-state index contributed by atoms with van der Waals surface area (Å²) in [6.45, 7) is 4.84. The number of imide groups is 2. The van der Waals surface area contributed by atoms with Crippen LogP contribution >= 0.6 is 0 Å². The van der Waals surface area contributed by atoms with Gasteiger partial charge < -0.3 is 4.90 Å². The molecule has 2 atom stereocenters. The van der Waals surface area contributed by atoms with Crippen LogP contribution in [-0.4, -0.2) is 51.3 Å². The summed E-state index contributed by atoms with van der Waals surface area (Å²) in [5, 5.41) is 2.47. The van der Waals surface area contributed by atoms with E-state index >= 15 is 0 Å². The van der Waals surface area contributed by atoms with Gasteiger partial charge in [-0.25, -0.2) is 9.78 Å². The molecule has 0 bridgehead atoms. The number of anilines is 1. The number of urea groups is 1. The van der Waals surface area contributed by atoms with Crippen LogP contribution < -0.4 is 15.8 Å². The van der Waals surface area contributed by atoms with E-state index in [4.69, 9.17) is 4.98 Å². The smallest absolute Gasteiger partial charge is 0.330 e. The van der Waals surface area contributed by atoms with Gasteiger partial charge in [0.1, 0.15) is 11.5 Å². The van der Waals surface area contributed by atoms with Gasteiger partial charge in [0.15, 0.2) is 5.41 Å². The van der Waals surface area contributed by atoms with Crippen molar-refractivity contribution in [3.63, 3.8) is 0 Å². The molecule has 2 aromatic rings. The summed E-state index contributed by atoms with van der Waals surface area (Å²) in [5.74, 6) is -0.494. The van der Waals surface area contributed by atoms with Crippen LogP contribution in [0.1, 0.15) is 63.0 Å². The van der Waals surface area contributed by atoms with Crippen molar-refractivity contribution in [2.45, 2.75) is 71.3 Å². The normalized spacial score (nSPS) is 24.8. The van der Waals surface area contributed by atoms with E-state index in [0.29, 0.717) is 36.4 Å². The lowest BCUT2D eigenvalue weighted by Gasteiger charge is -2.50. The number of hydrogen-bond donors (Lipinski definition) is 1. The predicted octanol–water partition coefficient (Wildman–Crippen LogP) is 2.56. The number of carbonyl (C=O) groups excluding carboxylic acids is 3. The number of nitrogens with one attached hydrogen (secondary N) is 1. The first-order chi connectivity index (χ1) is 16.4. The lowest BCUT2D eigenvalue weighted by molar-refractivity contribution is -0.153. The number of aryl methyl sites for hydroxylation is 1. The van der Waals surface area contributed by atoms with E-state index in [1.165, 1.54) is 9.30 Å². The van der Waals surface area contributed by atoms with Gasteiger partial charge in [0.2, 0.25) is 11.8 Å². The van der Waals surface area contributed by atoms with Crippen LogP contribution in [-0.2, 0) is 16.0 Å². The average molecular weight is 466 g/mol. The molecule has 9 nitrogen and oxygen atoms in total. The molecule has 0 radical (unpaired) electrons. The molecule has 0 aromatic carbocycles. The van der Waals surface area contributed by atoms with Crippen LogP contribution in [0.5, 0.6) is 0 Å². The largest absolute Gasteiger partial charge is 0.352 e. The Kier molecular flexibility index (Phi) is 5.65. The number of unbranched alkanes of at least 4 members (excludes halogenated alkanes) is 2. The predicted molar refractivity (Wildman–Crippen MR) is 127 cm³/mol. The molecule has 0 saturated carbocycles. The Morgan fingerprint density at radius 1 is 1.15 bits per heavy atom. The first-order valence-corrected chi connectivity index (χ1v) is 12.3. The molecule has 9 heteroatoms. The van der Waals surface area contributed by atoms with Crippen molar-refractivity contribution in [2.24, 2.45) is 5.41 Å². The summed E-state index contributed by atoms with van der Waals surface area (Å²) in [6, 6.07) is 2.59. The van der Waals surface area contributed by atoms with Crippen molar-refractivity contribution < 1.29 is 14.4 Å². The zero-order valence-corrected chi connectivity index (χ0v) is 19.8. The number of pyridine rings is 1. The molecule has 3 aliphatic rings. The van der Waals surface area contributed by atoms with Crippen LogP contribution in [0.3, 0.4) is 0 Å². The third kappa shape index (κ3) is 3.24. The fourth-order valence-corrected chi connectivity index (χ4v) is 5.87. The van der Waals surface area contributed by atoms with Gasteiger partial charge in [0.25, 0.3) is 5.56 Å². The van der Waals surface area contributed by atoms with Crippen molar-refractivity contribution in [3.05, 3.63) is 39.8 Å². The number of fused-ring (bicyclic) bond motifs is 5. The minimum Gasteiger partial charge on any atom is -0.352 e. The maximum atomic E-state index is 14.0. The van der Waals surface area contributed by atoms with E-state index in [2.05, 4.69) is 12.2 Å². The number of hydrogen-bond acceptors (Lipinski definition) is 6.